The molecule has 1 saturated heterocycles. The Morgan fingerprint density at radius 2 is 1.69 bits per heavy atom. The molecule has 29 heavy (non-hydrogen) atoms. The average Bonchev–Trinajstić information content (AvgIpc) is 3.44. The summed E-state index contributed by atoms with van der Waals surface area (Å²) in [5.41, 5.74) is 3.53. The van der Waals surface area contributed by atoms with Crippen LogP contribution in [0, 0.1) is 0 Å². The SMILES string of the molecule is CC1(C)CCC(C)(C)c2nc(C(=O)C3NC3Cc3ccc(C(=O)O)cc3)cnc21. The van der Waals surface area contributed by atoms with Gasteiger partial charge in [0, 0.05) is 16.9 Å². The topological polar surface area (TPSA) is 102 Å². The maximum Gasteiger partial charge on any atom is 0.335 e. The van der Waals surface area contributed by atoms with E-state index in [1.54, 1.807) is 30.5 Å². The van der Waals surface area contributed by atoms with Gasteiger partial charge in [-0.15, -0.1) is 0 Å². The van der Waals surface area contributed by atoms with Gasteiger partial charge in [-0.25, -0.2) is 9.78 Å². The molecule has 2 heterocycles. The molecule has 1 aromatic carbocycles. The Morgan fingerprint density at radius 1 is 1.07 bits per heavy atom. The normalized spacial score (nSPS) is 23.9. The van der Waals surface area contributed by atoms with E-state index in [1.165, 1.54) is 0 Å². The Morgan fingerprint density at radius 3 is 2.31 bits per heavy atom. The molecular weight excluding hydrogens is 366 g/mol. The van der Waals surface area contributed by atoms with Crippen molar-refractivity contribution < 1.29 is 14.7 Å². The molecule has 2 unspecified atom stereocenters. The summed E-state index contributed by atoms with van der Waals surface area (Å²) in [6.07, 6.45) is 4.38. The van der Waals surface area contributed by atoms with E-state index in [4.69, 9.17) is 10.1 Å². The number of rotatable bonds is 5. The van der Waals surface area contributed by atoms with Crippen molar-refractivity contribution in [3.05, 3.63) is 58.7 Å². The van der Waals surface area contributed by atoms with E-state index in [9.17, 15) is 9.59 Å². The smallest absolute Gasteiger partial charge is 0.335 e. The number of carboxylic acid groups (broad SMARTS) is 1. The predicted molar refractivity (Wildman–Crippen MR) is 109 cm³/mol. The third-order valence-electron chi connectivity index (χ3n) is 6.31. The Bertz CT molecular complexity index is 979. The number of carbonyl (C=O) groups excluding carboxylic acids is 1. The second-order valence-electron chi connectivity index (χ2n) is 9.54. The molecule has 6 nitrogen and oxygen atoms in total. The lowest BCUT2D eigenvalue weighted by atomic mass is 9.67. The van der Waals surface area contributed by atoms with Crippen molar-refractivity contribution in [2.45, 2.75) is 69.9 Å². The van der Waals surface area contributed by atoms with Crippen molar-refractivity contribution in [3.8, 4) is 0 Å². The minimum Gasteiger partial charge on any atom is -0.478 e. The summed E-state index contributed by atoms with van der Waals surface area (Å²) in [7, 11) is 0. The van der Waals surface area contributed by atoms with Crippen LogP contribution in [0.2, 0.25) is 0 Å². The van der Waals surface area contributed by atoms with Gasteiger partial charge >= 0.3 is 5.97 Å². The van der Waals surface area contributed by atoms with Crippen molar-refractivity contribution >= 4 is 11.8 Å². The van der Waals surface area contributed by atoms with Crippen LogP contribution in [0.4, 0.5) is 0 Å². The summed E-state index contributed by atoms with van der Waals surface area (Å²) in [5.74, 6) is -0.960. The minimum atomic E-state index is -0.939. The van der Waals surface area contributed by atoms with Gasteiger partial charge in [0.1, 0.15) is 5.69 Å². The number of benzene rings is 1. The third kappa shape index (κ3) is 3.69. The van der Waals surface area contributed by atoms with E-state index in [0.717, 1.165) is 29.8 Å². The van der Waals surface area contributed by atoms with E-state index in [0.29, 0.717) is 12.1 Å². The first-order valence-electron chi connectivity index (χ1n) is 10.1. The molecule has 6 heteroatoms. The van der Waals surface area contributed by atoms with Gasteiger partial charge in [-0.05, 0) is 37.0 Å². The highest BCUT2D eigenvalue weighted by Crippen LogP contribution is 2.43. The highest BCUT2D eigenvalue weighted by atomic mass is 16.4. The van der Waals surface area contributed by atoms with Crippen LogP contribution in [-0.2, 0) is 17.3 Å². The summed E-state index contributed by atoms with van der Waals surface area (Å²) >= 11 is 0. The number of hydrogen-bond donors (Lipinski definition) is 2. The molecule has 1 aliphatic heterocycles. The number of fused-ring (bicyclic) bond motifs is 1. The molecule has 1 aliphatic carbocycles. The molecule has 0 radical (unpaired) electrons. The lowest BCUT2D eigenvalue weighted by molar-refractivity contribution is 0.0696. The van der Waals surface area contributed by atoms with Crippen LogP contribution >= 0.6 is 0 Å². The predicted octanol–water partition coefficient (Wildman–Crippen LogP) is 3.29. The molecular formula is C23H27N3O3. The van der Waals surface area contributed by atoms with Crippen LogP contribution in [0.1, 0.15) is 78.3 Å². The number of ketones is 1. The summed E-state index contributed by atoms with van der Waals surface area (Å²) in [6.45, 7) is 8.71. The second kappa shape index (κ2) is 6.73. The summed E-state index contributed by atoms with van der Waals surface area (Å²) in [4.78, 5) is 33.4. The zero-order valence-corrected chi connectivity index (χ0v) is 17.3. The molecule has 1 aromatic heterocycles. The van der Waals surface area contributed by atoms with Crippen molar-refractivity contribution in [3.63, 3.8) is 0 Å². The molecule has 152 valence electrons. The Labute approximate surface area is 170 Å². The fourth-order valence-corrected chi connectivity index (χ4v) is 4.14. The first-order chi connectivity index (χ1) is 13.6. The van der Waals surface area contributed by atoms with Gasteiger partial charge in [-0.1, -0.05) is 39.8 Å². The number of nitrogens with zero attached hydrogens (tertiary/aromatic N) is 2. The highest BCUT2D eigenvalue weighted by Gasteiger charge is 2.44. The van der Waals surface area contributed by atoms with Crippen molar-refractivity contribution in [2.24, 2.45) is 0 Å². The molecule has 1 fully saturated rings. The van der Waals surface area contributed by atoms with Crippen molar-refractivity contribution in [1.29, 1.82) is 0 Å². The van der Waals surface area contributed by atoms with Gasteiger partial charge in [-0.2, -0.15) is 0 Å². The van der Waals surface area contributed by atoms with Crippen LogP contribution < -0.4 is 5.32 Å². The van der Waals surface area contributed by atoms with Crippen molar-refractivity contribution in [2.75, 3.05) is 0 Å². The number of carbonyl (C=O) groups is 2. The number of carboxylic acids is 1. The van der Waals surface area contributed by atoms with E-state index < -0.39 is 5.97 Å². The largest absolute Gasteiger partial charge is 0.478 e. The molecule has 2 N–H and O–H groups in total. The molecule has 0 bridgehead atoms. The van der Waals surface area contributed by atoms with E-state index in [1.807, 2.05) is 0 Å². The quantitative estimate of drug-likeness (QED) is 0.597. The highest BCUT2D eigenvalue weighted by molar-refractivity contribution is 6.01. The lowest BCUT2D eigenvalue weighted by Crippen LogP contribution is -2.36. The van der Waals surface area contributed by atoms with Gasteiger partial charge in [0.05, 0.1) is 29.2 Å². The van der Waals surface area contributed by atoms with Crippen LogP contribution in [0.15, 0.2) is 30.5 Å². The minimum absolute atomic E-state index is 0.0216. The molecule has 2 aromatic rings. The van der Waals surface area contributed by atoms with E-state index in [-0.39, 0.29) is 34.3 Å². The number of nitrogens with one attached hydrogen (secondary N) is 1. The number of Topliss-reactive ketones (excluding diaryl/α,β-unsaturated/α-hetero) is 1. The molecule has 4 rings (SSSR count). The Balaban J connectivity index is 1.49. The second-order valence-corrected chi connectivity index (χ2v) is 9.54. The van der Waals surface area contributed by atoms with Gasteiger partial charge in [-0.3, -0.25) is 9.78 Å². The first kappa shape index (κ1) is 19.7. The zero-order chi connectivity index (χ0) is 21.0. The maximum absolute atomic E-state index is 13.0. The zero-order valence-electron chi connectivity index (χ0n) is 17.3. The third-order valence-corrected chi connectivity index (χ3v) is 6.31. The molecule has 0 saturated carbocycles. The lowest BCUT2D eigenvalue weighted by Gasteiger charge is -2.39. The van der Waals surface area contributed by atoms with Gasteiger partial charge in [0.25, 0.3) is 0 Å². The van der Waals surface area contributed by atoms with Crippen LogP contribution in [0.25, 0.3) is 0 Å². The Hall–Kier alpha value is -2.60. The fraction of sp³-hybridized carbons (Fsp3) is 0.478. The van der Waals surface area contributed by atoms with Gasteiger partial charge in [0.2, 0.25) is 5.78 Å². The van der Waals surface area contributed by atoms with E-state index >= 15 is 0 Å². The van der Waals surface area contributed by atoms with Gasteiger partial charge < -0.3 is 10.4 Å². The summed E-state index contributed by atoms with van der Waals surface area (Å²) in [5, 5.41) is 12.2. The van der Waals surface area contributed by atoms with Crippen molar-refractivity contribution in [1.82, 2.24) is 15.3 Å². The Kier molecular flexibility index (Phi) is 4.57. The summed E-state index contributed by atoms with van der Waals surface area (Å²) < 4.78 is 0. The molecule has 0 spiro atoms. The number of aromatic carboxylic acids is 1. The maximum atomic E-state index is 13.0. The fourth-order valence-electron chi connectivity index (χ4n) is 4.14. The van der Waals surface area contributed by atoms with Crippen LogP contribution in [-0.4, -0.2) is 38.9 Å². The number of aromatic nitrogens is 2. The average molecular weight is 393 g/mol. The molecule has 0 amide bonds. The molecule has 2 atom stereocenters. The standard InChI is InChI=1S/C23H27N3O3/c1-22(2)9-10-23(3,4)20-19(22)24-12-16(26-20)18(27)17-15(25-17)11-13-5-7-14(8-6-13)21(28)29/h5-8,12,15,17,25H,9-11H2,1-4H3,(H,28,29). The molecule has 2 aliphatic rings. The van der Waals surface area contributed by atoms with Crippen LogP contribution in [0.3, 0.4) is 0 Å². The number of hydrogen-bond acceptors (Lipinski definition) is 5. The summed E-state index contributed by atoms with van der Waals surface area (Å²) in [6, 6.07) is 6.56. The van der Waals surface area contributed by atoms with Gasteiger partial charge in [0.15, 0.2) is 0 Å². The van der Waals surface area contributed by atoms with E-state index in [2.05, 4.69) is 38.0 Å². The monoisotopic (exact) mass is 393 g/mol. The van der Waals surface area contributed by atoms with Crippen LogP contribution in [0.5, 0.6) is 0 Å². The first-order valence-corrected chi connectivity index (χ1v) is 10.1.